The van der Waals surface area contributed by atoms with Gasteiger partial charge in [-0.2, -0.15) is 0 Å². The third kappa shape index (κ3) is 4.59. The average molecular weight is 291 g/mol. The summed E-state index contributed by atoms with van der Waals surface area (Å²) in [5.41, 5.74) is 0.209. The first-order valence-electron chi connectivity index (χ1n) is 7.23. The molecule has 21 heavy (non-hydrogen) atoms. The molecule has 0 heterocycles. The van der Waals surface area contributed by atoms with Gasteiger partial charge in [-0.25, -0.2) is 4.79 Å². The molecule has 116 valence electrons. The summed E-state index contributed by atoms with van der Waals surface area (Å²) in [5, 5.41) is 2.82. The molecule has 4 nitrogen and oxygen atoms in total. The Morgan fingerprint density at radius 2 is 1.76 bits per heavy atom. The molecule has 1 amide bonds. The highest BCUT2D eigenvalue weighted by atomic mass is 16.5. The van der Waals surface area contributed by atoms with Crippen LogP contribution >= 0.6 is 0 Å². The zero-order valence-corrected chi connectivity index (χ0v) is 13.5. The number of ether oxygens (including phenoxy) is 1. The van der Waals surface area contributed by atoms with E-state index in [1.807, 2.05) is 58.0 Å². The minimum atomic E-state index is -0.704. The summed E-state index contributed by atoms with van der Waals surface area (Å²) in [6.07, 6.45) is 0.559. The maximum absolute atomic E-state index is 12.6. The molecule has 0 aliphatic heterocycles. The second kappa shape index (κ2) is 7.25. The molecule has 0 aliphatic rings. The van der Waals surface area contributed by atoms with Crippen LogP contribution in [0.5, 0.6) is 0 Å². The van der Waals surface area contributed by atoms with Gasteiger partial charge >= 0.3 is 5.97 Å². The van der Waals surface area contributed by atoms with Gasteiger partial charge in [0.1, 0.15) is 6.04 Å². The molecule has 1 atom stereocenters. The second-order valence-corrected chi connectivity index (χ2v) is 6.17. The lowest BCUT2D eigenvalue weighted by molar-refractivity contribution is -0.146. The zero-order chi connectivity index (χ0) is 16.0. The van der Waals surface area contributed by atoms with E-state index in [0.717, 1.165) is 5.56 Å². The number of esters is 1. The fraction of sp³-hybridized carbons (Fsp3) is 0.529. The predicted octanol–water partition coefficient (Wildman–Crippen LogP) is 2.67. The standard InChI is InChI=1S/C17H25NO3/c1-12(2)11-14(15(19)21-5)18-16(20)17(3,4)13-9-7-6-8-10-13/h6-10,12,14H,11H2,1-5H3,(H,18,20). The Labute approximate surface area is 126 Å². The lowest BCUT2D eigenvalue weighted by Crippen LogP contribution is -2.49. The second-order valence-electron chi connectivity index (χ2n) is 6.17. The molecule has 1 N–H and O–H groups in total. The van der Waals surface area contributed by atoms with Gasteiger partial charge in [-0.05, 0) is 31.7 Å². The van der Waals surface area contributed by atoms with Crippen LogP contribution in [0, 0.1) is 5.92 Å². The van der Waals surface area contributed by atoms with Gasteiger partial charge in [0.25, 0.3) is 0 Å². The summed E-state index contributed by atoms with van der Waals surface area (Å²) in [7, 11) is 1.34. The van der Waals surface area contributed by atoms with Crippen molar-refractivity contribution in [3.8, 4) is 0 Å². The zero-order valence-electron chi connectivity index (χ0n) is 13.5. The highest BCUT2D eigenvalue weighted by Crippen LogP contribution is 2.23. The minimum absolute atomic E-state index is 0.176. The van der Waals surface area contributed by atoms with Crippen molar-refractivity contribution in [2.75, 3.05) is 7.11 Å². The Bertz CT molecular complexity index is 480. The first kappa shape index (κ1) is 17.2. The van der Waals surface area contributed by atoms with Crippen molar-refractivity contribution in [1.82, 2.24) is 5.32 Å². The molecule has 0 fully saturated rings. The van der Waals surface area contributed by atoms with Crippen LogP contribution in [0.1, 0.15) is 39.7 Å². The molecular weight excluding hydrogens is 266 g/mol. The van der Waals surface area contributed by atoms with Crippen LogP contribution in [0.15, 0.2) is 30.3 Å². The maximum atomic E-state index is 12.6. The van der Waals surface area contributed by atoms with Crippen LogP contribution in [0.3, 0.4) is 0 Å². The topological polar surface area (TPSA) is 55.4 Å². The van der Waals surface area contributed by atoms with E-state index in [1.54, 1.807) is 0 Å². The highest BCUT2D eigenvalue weighted by molar-refractivity contribution is 5.91. The molecular formula is C17H25NO3. The number of nitrogens with one attached hydrogen (secondary N) is 1. The van der Waals surface area contributed by atoms with E-state index in [0.29, 0.717) is 6.42 Å². The predicted molar refractivity (Wildman–Crippen MR) is 82.9 cm³/mol. The van der Waals surface area contributed by atoms with Crippen molar-refractivity contribution in [1.29, 1.82) is 0 Å². The summed E-state index contributed by atoms with van der Waals surface area (Å²) >= 11 is 0. The number of carbonyl (C=O) groups is 2. The van der Waals surface area contributed by atoms with E-state index in [9.17, 15) is 9.59 Å². The molecule has 0 aromatic heterocycles. The van der Waals surface area contributed by atoms with E-state index in [1.165, 1.54) is 7.11 Å². The van der Waals surface area contributed by atoms with E-state index in [4.69, 9.17) is 4.74 Å². The van der Waals surface area contributed by atoms with Gasteiger partial charge in [-0.1, -0.05) is 44.2 Å². The van der Waals surface area contributed by atoms with Gasteiger partial charge in [0.05, 0.1) is 12.5 Å². The maximum Gasteiger partial charge on any atom is 0.328 e. The first-order valence-corrected chi connectivity index (χ1v) is 7.23. The Kier molecular flexibility index (Phi) is 5.94. The number of rotatable bonds is 6. The summed E-state index contributed by atoms with van der Waals surface area (Å²) in [6.45, 7) is 7.71. The van der Waals surface area contributed by atoms with Crippen molar-refractivity contribution < 1.29 is 14.3 Å². The van der Waals surface area contributed by atoms with Gasteiger partial charge in [0, 0.05) is 0 Å². The Balaban J connectivity index is 2.88. The van der Waals surface area contributed by atoms with Crippen LogP contribution < -0.4 is 5.32 Å². The Morgan fingerprint density at radius 1 is 1.19 bits per heavy atom. The van der Waals surface area contributed by atoms with Crippen molar-refractivity contribution in [2.24, 2.45) is 5.92 Å². The average Bonchev–Trinajstić information content (AvgIpc) is 2.46. The van der Waals surface area contributed by atoms with Crippen LogP contribution in [-0.2, 0) is 19.7 Å². The third-order valence-electron chi connectivity index (χ3n) is 3.56. The molecule has 0 saturated heterocycles. The first-order chi connectivity index (χ1) is 9.78. The number of methoxy groups -OCH3 is 1. The molecule has 4 heteroatoms. The monoisotopic (exact) mass is 291 g/mol. The highest BCUT2D eigenvalue weighted by Gasteiger charge is 2.33. The molecule has 1 unspecified atom stereocenters. The number of benzene rings is 1. The smallest absolute Gasteiger partial charge is 0.328 e. The van der Waals surface area contributed by atoms with Gasteiger partial charge in [0.2, 0.25) is 5.91 Å². The number of hydrogen-bond acceptors (Lipinski definition) is 3. The lowest BCUT2D eigenvalue weighted by Gasteiger charge is -2.27. The molecule has 1 rings (SSSR count). The molecule has 0 aliphatic carbocycles. The summed E-state index contributed by atoms with van der Waals surface area (Å²) < 4.78 is 4.78. The van der Waals surface area contributed by atoms with Crippen LogP contribution in [0.25, 0.3) is 0 Å². The Hall–Kier alpha value is -1.84. The fourth-order valence-electron chi connectivity index (χ4n) is 2.15. The van der Waals surface area contributed by atoms with Crippen molar-refractivity contribution >= 4 is 11.9 Å². The molecule has 0 spiro atoms. The van der Waals surface area contributed by atoms with Gasteiger partial charge in [-0.3, -0.25) is 4.79 Å². The quantitative estimate of drug-likeness (QED) is 0.820. The SMILES string of the molecule is COC(=O)C(CC(C)C)NC(=O)C(C)(C)c1ccccc1. The van der Waals surface area contributed by atoms with Gasteiger partial charge in [-0.15, -0.1) is 0 Å². The van der Waals surface area contributed by atoms with Crippen LogP contribution in [0.4, 0.5) is 0 Å². The molecule has 0 bridgehead atoms. The van der Waals surface area contributed by atoms with Crippen molar-refractivity contribution in [3.63, 3.8) is 0 Å². The normalized spacial score (nSPS) is 12.9. The lowest BCUT2D eigenvalue weighted by atomic mass is 9.83. The number of hydrogen-bond donors (Lipinski definition) is 1. The van der Waals surface area contributed by atoms with Gasteiger partial charge < -0.3 is 10.1 Å². The van der Waals surface area contributed by atoms with Crippen molar-refractivity contribution in [3.05, 3.63) is 35.9 Å². The number of carbonyl (C=O) groups excluding carboxylic acids is 2. The third-order valence-corrected chi connectivity index (χ3v) is 3.56. The number of amides is 1. The van der Waals surface area contributed by atoms with Gasteiger partial charge in [0.15, 0.2) is 0 Å². The van der Waals surface area contributed by atoms with E-state index in [2.05, 4.69) is 5.32 Å². The summed E-state index contributed by atoms with van der Waals surface area (Å²) in [5.74, 6) is -0.292. The molecule has 1 aromatic carbocycles. The Morgan fingerprint density at radius 3 is 2.24 bits per heavy atom. The molecule has 1 aromatic rings. The van der Waals surface area contributed by atoms with Crippen LogP contribution in [-0.4, -0.2) is 25.0 Å². The summed E-state index contributed by atoms with van der Waals surface area (Å²) in [4.78, 5) is 24.4. The van der Waals surface area contributed by atoms with Crippen molar-refractivity contribution in [2.45, 2.75) is 45.6 Å². The van der Waals surface area contributed by atoms with Crippen LogP contribution in [0.2, 0.25) is 0 Å². The minimum Gasteiger partial charge on any atom is -0.467 e. The van der Waals surface area contributed by atoms with E-state index < -0.39 is 17.4 Å². The summed E-state index contributed by atoms with van der Waals surface area (Å²) in [6, 6.07) is 8.93. The van der Waals surface area contributed by atoms with E-state index in [-0.39, 0.29) is 11.8 Å². The van der Waals surface area contributed by atoms with E-state index >= 15 is 0 Å². The molecule has 0 radical (unpaired) electrons. The molecule has 0 saturated carbocycles. The largest absolute Gasteiger partial charge is 0.467 e. The fourth-order valence-corrected chi connectivity index (χ4v) is 2.15.